The van der Waals surface area contributed by atoms with Gasteiger partial charge in [0.1, 0.15) is 22.3 Å². The third-order valence-corrected chi connectivity index (χ3v) is 5.71. The molecule has 1 heterocycles. The van der Waals surface area contributed by atoms with Gasteiger partial charge in [-0.2, -0.15) is 0 Å². The third kappa shape index (κ3) is 5.03. The number of methoxy groups -OCH3 is 2. The van der Waals surface area contributed by atoms with Crippen molar-refractivity contribution in [1.82, 2.24) is 4.98 Å². The molecule has 0 fully saturated rings. The Morgan fingerprint density at radius 2 is 1.59 bits per heavy atom. The van der Waals surface area contributed by atoms with Crippen LogP contribution in [0.4, 0.5) is 13.2 Å². The topological polar surface area (TPSA) is 40.6 Å². The molecule has 0 aliphatic rings. The second kappa shape index (κ2) is 8.92. The molecule has 0 N–H and O–H groups in total. The summed E-state index contributed by atoms with van der Waals surface area (Å²) in [5, 5.41) is 0.891. The number of alkyl halides is 3. The van der Waals surface area contributed by atoms with E-state index in [1.54, 1.807) is 30.6 Å². The van der Waals surface area contributed by atoms with Crippen molar-refractivity contribution >= 4 is 33.7 Å². The molecule has 4 rings (SSSR count). The SMILES string of the molecule is COc1ccc2nc(-c3ccc(C=Cc4cc(OC(F)(F)F)ccc4OC)cc3)sc2c1. The predicted molar refractivity (Wildman–Crippen MR) is 120 cm³/mol. The van der Waals surface area contributed by atoms with Crippen LogP contribution in [-0.2, 0) is 0 Å². The summed E-state index contributed by atoms with van der Waals surface area (Å²) in [5.41, 5.74) is 3.22. The van der Waals surface area contributed by atoms with Gasteiger partial charge >= 0.3 is 6.36 Å². The lowest BCUT2D eigenvalue weighted by Gasteiger charge is -2.11. The number of benzene rings is 3. The Bertz CT molecular complexity index is 1260. The first-order chi connectivity index (χ1) is 15.3. The maximum atomic E-state index is 12.5. The van der Waals surface area contributed by atoms with Gasteiger partial charge in [0.25, 0.3) is 0 Å². The van der Waals surface area contributed by atoms with Crippen molar-refractivity contribution in [3.8, 4) is 27.8 Å². The lowest BCUT2D eigenvalue weighted by molar-refractivity contribution is -0.274. The molecule has 0 atom stereocenters. The van der Waals surface area contributed by atoms with E-state index in [0.717, 1.165) is 32.1 Å². The van der Waals surface area contributed by atoms with Crippen LogP contribution in [0.5, 0.6) is 17.2 Å². The molecule has 0 saturated carbocycles. The molecule has 0 aliphatic heterocycles. The number of rotatable bonds is 6. The fraction of sp³-hybridized carbons (Fsp3) is 0.125. The van der Waals surface area contributed by atoms with Gasteiger partial charge in [0.05, 0.1) is 24.4 Å². The zero-order chi connectivity index (χ0) is 22.7. The van der Waals surface area contributed by atoms with E-state index >= 15 is 0 Å². The summed E-state index contributed by atoms with van der Waals surface area (Å²) >= 11 is 1.58. The van der Waals surface area contributed by atoms with Crippen LogP contribution in [0.15, 0.2) is 60.7 Å². The maximum absolute atomic E-state index is 12.5. The van der Waals surface area contributed by atoms with Crippen LogP contribution in [0, 0.1) is 0 Å². The van der Waals surface area contributed by atoms with Crippen LogP contribution < -0.4 is 14.2 Å². The molecule has 4 nitrogen and oxygen atoms in total. The Kier molecular flexibility index (Phi) is 6.05. The van der Waals surface area contributed by atoms with Gasteiger partial charge in [-0.15, -0.1) is 24.5 Å². The second-order valence-electron chi connectivity index (χ2n) is 6.76. The highest BCUT2D eigenvalue weighted by Gasteiger charge is 2.31. The van der Waals surface area contributed by atoms with Crippen LogP contribution in [0.2, 0.25) is 0 Å². The van der Waals surface area contributed by atoms with Crippen molar-refractivity contribution < 1.29 is 27.4 Å². The van der Waals surface area contributed by atoms with Crippen LogP contribution in [0.1, 0.15) is 11.1 Å². The van der Waals surface area contributed by atoms with Gasteiger partial charge < -0.3 is 14.2 Å². The monoisotopic (exact) mass is 457 g/mol. The van der Waals surface area contributed by atoms with Crippen LogP contribution in [0.3, 0.4) is 0 Å². The van der Waals surface area contributed by atoms with E-state index < -0.39 is 6.36 Å². The number of aromatic nitrogens is 1. The zero-order valence-electron chi connectivity index (χ0n) is 17.1. The largest absolute Gasteiger partial charge is 0.573 e. The van der Waals surface area contributed by atoms with Crippen molar-refractivity contribution in [2.24, 2.45) is 0 Å². The standard InChI is InChI=1S/C24H18F3NO3S/c1-29-18-9-11-20-22(14-18)32-23(28-20)16-6-3-15(4-7-16)5-8-17-13-19(31-24(25,26)27)10-12-21(17)30-2/h3-14H,1-2H3. The van der Waals surface area contributed by atoms with Gasteiger partial charge in [0.15, 0.2) is 0 Å². The molecule has 3 aromatic carbocycles. The smallest absolute Gasteiger partial charge is 0.497 e. The molecule has 32 heavy (non-hydrogen) atoms. The first kappa shape index (κ1) is 21.7. The molecular weight excluding hydrogens is 439 g/mol. The van der Waals surface area contributed by atoms with E-state index in [0.29, 0.717) is 11.3 Å². The summed E-state index contributed by atoms with van der Waals surface area (Å²) in [6, 6.07) is 17.4. The molecule has 8 heteroatoms. The van der Waals surface area contributed by atoms with E-state index in [1.807, 2.05) is 42.5 Å². The fourth-order valence-corrected chi connectivity index (χ4v) is 4.12. The molecule has 0 aliphatic carbocycles. The number of ether oxygens (including phenoxy) is 3. The minimum Gasteiger partial charge on any atom is -0.497 e. The Morgan fingerprint density at radius 1 is 0.844 bits per heavy atom. The number of fused-ring (bicyclic) bond motifs is 1. The highest BCUT2D eigenvalue weighted by molar-refractivity contribution is 7.21. The minimum atomic E-state index is -4.75. The van der Waals surface area contributed by atoms with Crippen molar-refractivity contribution in [3.63, 3.8) is 0 Å². The molecule has 164 valence electrons. The van der Waals surface area contributed by atoms with Crippen LogP contribution >= 0.6 is 11.3 Å². The van der Waals surface area contributed by atoms with E-state index in [4.69, 9.17) is 9.47 Å². The summed E-state index contributed by atoms with van der Waals surface area (Å²) in [7, 11) is 3.09. The molecule has 0 radical (unpaired) electrons. The summed E-state index contributed by atoms with van der Waals surface area (Å²) in [5.74, 6) is 0.923. The van der Waals surface area contributed by atoms with Crippen molar-refractivity contribution in [3.05, 3.63) is 71.8 Å². The number of halogens is 3. The number of hydrogen-bond donors (Lipinski definition) is 0. The first-order valence-corrected chi connectivity index (χ1v) is 10.3. The zero-order valence-corrected chi connectivity index (χ0v) is 18.0. The molecule has 0 saturated heterocycles. The van der Waals surface area contributed by atoms with E-state index in [1.165, 1.54) is 25.3 Å². The highest BCUT2D eigenvalue weighted by Crippen LogP contribution is 2.33. The van der Waals surface area contributed by atoms with Crippen molar-refractivity contribution in [2.45, 2.75) is 6.36 Å². The van der Waals surface area contributed by atoms with Crippen LogP contribution in [0.25, 0.3) is 32.9 Å². The summed E-state index contributed by atoms with van der Waals surface area (Å²) in [6.45, 7) is 0. The van der Waals surface area contributed by atoms with Crippen molar-refractivity contribution in [1.29, 1.82) is 0 Å². The van der Waals surface area contributed by atoms with Gasteiger partial charge in [-0.1, -0.05) is 36.4 Å². The average Bonchev–Trinajstić information content (AvgIpc) is 3.20. The first-order valence-electron chi connectivity index (χ1n) is 9.51. The van der Waals surface area contributed by atoms with Gasteiger partial charge in [-0.25, -0.2) is 4.98 Å². The van der Waals surface area contributed by atoms with E-state index in [-0.39, 0.29) is 5.75 Å². The normalized spacial score (nSPS) is 11.8. The Morgan fingerprint density at radius 3 is 2.28 bits per heavy atom. The van der Waals surface area contributed by atoms with Gasteiger partial charge in [0, 0.05) is 11.1 Å². The van der Waals surface area contributed by atoms with Gasteiger partial charge in [0.2, 0.25) is 0 Å². The quantitative estimate of drug-likeness (QED) is 0.291. The molecule has 1 aromatic heterocycles. The molecule has 0 amide bonds. The van der Waals surface area contributed by atoms with Gasteiger partial charge in [-0.3, -0.25) is 0 Å². The molecule has 4 aromatic rings. The van der Waals surface area contributed by atoms with Gasteiger partial charge in [-0.05, 0) is 42.0 Å². The maximum Gasteiger partial charge on any atom is 0.573 e. The molecule has 0 spiro atoms. The van der Waals surface area contributed by atoms with E-state index in [9.17, 15) is 13.2 Å². The molecule has 0 unspecified atom stereocenters. The minimum absolute atomic E-state index is 0.305. The van der Waals surface area contributed by atoms with Crippen LogP contribution in [-0.4, -0.2) is 25.6 Å². The average molecular weight is 457 g/mol. The number of hydrogen-bond acceptors (Lipinski definition) is 5. The second-order valence-corrected chi connectivity index (χ2v) is 7.79. The summed E-state index contributed by atoms with van der Waals surface area (Å²) < 4.78 is 53.1. The lowest BCUT2D eigenvalue weighted by Crippen LogP contribution is -2.17. The predicted octanol–water partition coefficient (Wildman–Crippen LogP) is 7.05. The highest BCUT2D eigenvalue weighted by atomic mass is 32.1. The molecule has 0 bridgehead atoms. The Labute approximate surface area is 186 Å². The fourth-order valence-electron chi connectivity index (χ4n) is 3.12. The number of nitrogens with zero attached hydrogens (tertiary/aromatic N) is 1. The lowest BCUT2D eigenvalue weighted by atomic mass is 10.1. The van der Waals surface area contributed by atoms with E-state index in [2.05, 4.69) is 9.72 Å². The third-order valence-electron chi connectivity index (χ3n) is 4.64. The Balaban J connectivity index is 1.55. The van der Waals surface area contributed by atoms with Crippen molar-refractivity contribution in [2.75, 3.05) is 14.2 Å². The molecular formula is C24H18F3NO3S. The number of thiazole rings is 1. The summed E-state index contributed by atoms with van der Waals surface area (Å²) in [4.78, 5) is 4.67. The summed E-state index contributed by atoms with van der Waals surface area (Å²) in [6.07, 6.45) is -1.28. The Hall–Kier alpha value is -3.52.